The van der Waals surface area contributed by atoms with Crippen LogP contribution >= 0.6 is 22.7 Å². The second kappa shape index (κ2) is 12.7. The van der Waals surface area contributed by atoms with Crippen molar-refractivity contribution in [3.63, 3.8) is 0 Å². The number of nitrogens with zero attached hydrogens (tertiary/aromatic N) is 6. The van der Waals surface area contributed by atoms with Crippen LogP contribution in [0.15, 0.2) is 34.1 Å². The zero-order chi connectivity index (χ0) is 32.5. The molecule has 4 bridgehead atoms. The minimum atomic E-state index is -0.0185. The predicted octanol–water partition coefficient (Wildman–Crippen LogP) is 4.86. The molecule has 6 aromatic rings. The number of thiophene rings is 2. The summed E-state index contributed by atoms with van der Waals surface area (Å²) in [6.07, 6.45) is 11.0. The summed E-state index contributed by atoms with van der Waals surface area (Å²) in [5.41, 5.74) is 5.67. The molecule has 6 N–H and O–H groups in total. The van der Waals surface area contributed by atoms with Crippen LogP contribution in [0.1, 0.15) is 73.6 Å². The summed E-state index contributed by atoms with van der Waals surface area (Å²) in [7, 11) is 0. The Morgan fingerprint density at radius 3 is 1.41 bits per heavy atom. The predicted molar refractivity (Wildman–Crippen MR) is 192 cm³/mol. The van der Waals surface area contributed by atoms with E-state index >= 15 is 0 Å². The molecule has 12 heterocycles. The number of fused-ring (bicyclic) bond motifs is 8. The molecule has 6 aliphatic rings. The maximum Gasteiger partial charge on any atom is 0.268 e. The standard InChI is InChI=1S/2C17H19N5OS.H2O/c2*1-9-11(8-18-21-9)14-7-12-15(24-14)17(23)20-16(19-12)13-6-10-2-4-22(13)5-3-10;/h2*7-8,10,13H,2-6H2,1H3,(H,18,21)(H,19,20,23);1H2/t2*13-;/m00./s1. The van der Waals surface area contributed by atoms with Crippen LogP contribution in [0.5, 0.6) is 0 Å². The second-order valence-electron chi connectivity index (χ2n) is 13.8. The Bertz CT molecular complexity index is 2090. The quantitative estimate of drug-likeness (QED) is 0.201. The number of hydrogen-bond donors (Lipinski definition) is 4. The van der Waals surface area contributed by atoms with Crippen molar-refractivity contribution in [3.8, 4) is 20.9 Å². The van der Waals surface area contributed by atoms with Crippen molar-refractivity contribution < 1.29 is 5.48 Å². The van der Waals surface area contributed by atoms with Crippen LogP contribution in [0.25, 0.3) is 41.3 Å². The molecule has 13 nitrogen and oxygen atoms in total. The van der Waals surface area contributed by atoms with Gasteiger partial charge in [-0.3, -0.25) is 29.6 Å². The Hall–Kier alpha value is -4.02. The summed E-state index contributed by atoms with van der Waals surface area (Å²) >= 11 is 2.97. The van der Waals surface area contributed by atoms with E-state index in [0.717, 1.165) is 106 Å². The molecule has 0 radical (unpaired) electrons. The van der Waals surface area contributed by atoms with Crippen LogP contribution in [0.3, 0.4) is 0 Å². The molecule has 6 aliphatic heterocycles. The molecule has 6 fully saturated rings. The van der Waals surface area contributed by atoms with Crippen LogP contribution in [0.2, 0.25) is 0 Å². The maximum atomic E-state index is 12.6. The molecule has 0 aromatic carbocycles. The first kappa shape index (κ1) is 32.2. The SMILES string of the molecule is Cc1[nH]ncc1-c1cc2nc([C@@H]3CC4CCN3CC4)[nH]c(=O)c2s1.Cc1[nH]ncc1-c1cc2nc([C@@H]3CC4CCN3CC4)[nH]c(=O)c2s1.O. The van der Waals surface area contributed by atoms with E-state index in [1.165, 1.54) is 48.4 Å². The van der Waals surface area contributed by atoms with Gasteiger partial charge in [0.2, 0.25) is 0 Å². The van der Waals surface area contributed by atoms with Crippen molar-refractivity contribution in [2.45, 2.75) is 64.5 Å². The average molecular weight is 701 g/mol. The van der Waals surface area contributed by atoms with Crippen molar-refractivity contribution in [2.75, 3.05) is 26.2 Å². The van der Waals surface area contributed by atoms with Crippen molar-refractivity contribution in [2.24, 2.45) is 11.8 Å². The van der Waals surface area contributed by atoms with Crippen LogP contribution < -0.4 is 11.1 Å². The highest BCUT2D eigenvalue weighted by Gasteiger charge is 2.37. The third kappa shape index (κ3) is 5.76. The number of aryl methyl sites for hydroxylation is 2. The lowest BCUT2D eigenvalue weighted by Gasteiger charge is -2.44. The van der Waals surface area contributed by atoms with Gasteiger partial charge in [0.25, 0.3) is 11.1 Å². The number of aromatic amines is 4. The topological polar surface area (TPSA) is 187 Å². The summed E-state index contributed by atoms with van der Waals surface area (Å²) in [6.45, 7) is 8.48. The summed E-state index contributed by atoms with van der Waals surface area (Å²) in [6, 6.07) is 4.59. The fourth-order valence-electron chi connectivity index (χ4n) is 8.19. The summed E-state index contributed by atoms with van der Waals surface area (Å²) < 4.78 is 1.40. The minimum Gasteiger partial charge on any atom is -0.412 e. The number of piperidine rings is 6. The molecule has 0 spiro atoms. The molecule has 0 saturated carbocycles. The van der Waals surface area contributed by atoms with Gasteiger partial charge < -0.3 is 15.4 Å². The molecule has 0 amide bonds. The molecule has 12 rings (SSSR count). The van der Waals surface area contributed by atoms with E-state index in [-0.39, 0.29) is 28.7 Å². The van der Waals surface area contributed by atoms with Gasteiger partial charge >= 0.3 is 0 Å². The normalized spacial score (nSPS) is 25.8. The van der Waals surface area contributed by atoms with E-state index in [4.69, 9.17) is 9.97 Å². The van der Waals surface area contributed by atoms with Crippen molar-refractivity contribution in [1.82, 2.24) is 50.1 Å². The van der Waals surface area contributed by atoms with Gasteiger partial charge in [0, 0.05) is 32.3 Å². The average Bonchev–Trinajstić information content (AvgIpc) is 3.92. The third-order valence-corrected chi connectivity index (χ3v) is 13.2. The molecule has 2 atom stereocenters. The second-order valence-corrected chi connectivity index (χ2v) is 15.9. The Kier molecular flexibility index (Phi) is 8.35. The highest BCUT2D eigenvalue weighted by atomic mass is 32.1. The fourth-order valence-corrected chi connectivity index (χ4v) is 10.3. The number of rotatable bonds is 4. The van der Waals surface area contributed by atoms with Gasteiger partial charge in [-0.15, -0.1) is 22.7 Å². The zero-order valence-corrected chi connectivity index (χ0v) is 29.1. The highest BCUT2D eigenvalue weighted by Crippen LogP contribution is 2.41. The summed E-state index contributed by atoms with van der Waals surface area (Å²) in [5, 5.41) is 14.1. The van der Waals surface area contributed by atoms with E-state index in [1.54, 1.807) is 12.4 Å². The summed E-state index contributed by atoms with van der Waals surface area (Å²) in [4.78, 5) is 48.0. The van der Waals surface area contributed by atoms with Gasteiger partial charge in [0.1, 0.15) is 21.0 Å². The largest absolute Gasteiger partial charge is 0.412 e. The first-order valence-corrected chi connectivity index (χ1v) is 18.6. The lowest BCUT2D eigenvalue weighted by Crippen LogP contribution is -2.44. The van der Waals surface area contributed by atoms with Gasteiger partial charge in [-0.1, -0.05) is 0 Å². The van der Waals surface area contributed by atoms with E-state index in [2.05, 4.69) is 40.2 Å². The number of hydrogen-bond acceptors (Lipinski definition) is 10. The van der Waals surface area contributed by atoms with E-state index in [0.29, 0.717) is 9.40 Å². The van der Waals surface area contributed by atoms with Gasteiger partial charge in [0.05, 0.1) is 35.5 Å². The van der Waals surface area contributed by atoms with E-state index in [9.17, 15) is 9.59 Å². The highest BCUT2D eigenvalue weighted by molar-refractivity contribution is 7.22. The van der Waals surface area contributed by atoms with Gasteiger partial charge in [-0.2, -0.15) is 10.2 Å². The molecule has 6 saturated heterocycles. The number of aromatic nitrogens is 8. The number of H-pyrrole nitrogens is 4. The van der Waals surface area contributed by atoms with Crippen molar-refractivity contribution >= 4 is 43.1 Å². The third-order valence-electron chi connectivity index (χ3n) is 10.9. The van der Waals surface area contributed by atoms with Crippen LogP contribution in [-0.4, -0.2) is 81.8 Å². The molecule has 49 heavy (non-hydrogen) atoms. The van der Waals surface area contributed by atoms with Crippen LogP contribution in [-0.2, 0) is 0 Å². The Balaban J connectivity index is 0.000000139. The van der Waals surface area contributed by atoms with Crippen LogP contribution in [0, 0.1) is 25.7 Å². The molecular formula is C34H40N10O3S2. The first-order chi connectivity index (χ1) is 23.4. The molecule has 256 valence electrons. The van der Waals surface area contributed by atoms with Crippen molar-refractivity contribution in [1.29, 1.82) is 0 Å². The van der Waals surface area contributed by atoms with E-state index < -0.39 is 0 Å². The Morgan fingerprint density at radius 1 is 0.673 bits per heavy atom. The van der Waals surface area contributed by atoms with Gasteiger partial charge in [-0.05, 0) is 103 Å². The molecule has 6 aromatic heterocycles. The maximum absolute atomic E-state index is 12.6. The van der Waals surface area contributed by atoms with Crippen LogP contribution in [0.4, 0.5) is 0 Å². The number of nitrogens with one attached hydrogen (secondary N) is 4. The monoisotopic (exact) mass is 700 g/mol. The first-order valence-electron chi connectivity index (χ1n) is 16.9. The lowest BCUT2D eigenvalue weighted by atomic mass is 9.83. The molecule has 0 unspecified atom stereocenters. The minimum absolute atomic E-state index is 0. The molecule has 0 aliphatic carbocycles. The smallest absolute Gasteiger partial charge is 0.268 e. The molecular weight excluding hydrogens is 661 g/mol. The van der Waals surface area contributed by atoms with Crippen molar-refractivity contribution in [3.05, 3.63) is 68.3 Å². The van der Waals surface area contributed by atoms with Gasteiger partial charge in [0.15, 0.2) is 0 Å². The Labute approximate surface area is 289 Å². The Morgan fingerprint density at radius 2 is 1.08 bits per heavy atom. The summed E-state index contributed by atoms with van der Waals surface area (Å²) in [5.74, 6) is 3.25. The fraction of sp³-hybridized carbons (Fsp3) is 0.471. The van der Waals surface area contributed by atoms with E-state index in [1.807, 2.05) is 26.0 Å². The molecule has 15 heteroatoms. The zero-order valence-electron chi connectivity index (χ0n) is 27.5. The lowest BCUT2D eigenvalue weighted by molar-refractivity contribution is 0.0445. The van der Waals surface area contributed by atoms with Gasteiger partial charge in [-0.25, -0.2) is 9.97 Å².